The number of benzene rings is 1. The lowest BCUT2D eigenvalue weighted by Gasteiger charge is -2.20. The Kier molecular flexibility index (Phi) is 5.10. The molecule has 1 aromatic rings. The number of hydrogen-bond acceptors (Lipinski definition) is 3. The molecular formula is C12H17BrFN3O. The predicted octanol–water partition coefficient (Wildman–Crippen LogP) is 1.80. The van der Waals surface area contributed by atoms with E-state index in [-0.39, 0.29) is 15.7 Å². The van der Waals surface area contributed by atoms with Crippen molar-refractivity contribution in [1.82, 2.24) is 9.80 Å². The number of hydrogen-bond donors (Lipinski definition) is 1. The van der Waals surface area contributed by atoms with Gasteiger partial charge < -0.3 is 15.5 Å². The number of rotatable bonds is 4. The van der Waals surface area contributed by atoms with Crippen molar-refractivity contribution in [3.8, 4) is 0 Å². The normalized spacial score (nSPS) is 10.8. The molecule has 0 radical (unpaired) electrons. The van der Waals surface area contributed by atoms with Gasteiger partial charge in [0, 0.05) is 25.8 Å². The van der Waals surface area contributed by atoms with Crippen molar-refractivity contribution in [2.75, 3.05) is 40.0 Å². The molecule has 0 bridgehead atoms. The highest BCUT2D eigenvalue weighted by molar-refractivity contribution is 9.10. The lowest BCUT2D eigenvalue weighted by molar-refractivity contribution is 0.0782. The van der Waals surface area contributed by atoms with E-state index >= 15 is 0 Å². The van der Waals surface area contributed by atoms with Crippen LogP contribution in [0.2, 0.25) is 0 Å². The van der Waals surface area contributed by atoms with Gasteiger partial charge in [-0.25, -0.2) is 4.39 Å². The van der Waals surface area contributed by atoms with Crippen LogP contribution in [0.4, 0.5) is 10.1 Å². The maximum Gasteiger partial charge on any atom is 0.258 e. The number of nitrogens with zero attached hydrogens (tertiary/aromatic N) is 2. The highest BCUT2D eigenvalue weighted by atomic mass is 79.9. The number of amides is 1. The van der Waals surface area contributed by atoms with E-state index in [2.05, 4.69) is 15.9 Å². The number of carbonyl (C=O) groups is 1. The van der Waals surface area contributed by atoms with Gasteiger partial charge in [-0.2, -0.15) is 0 Å². The monoisotopic (exact) mass is 317 g/mol. The molecule has 0 heterocycles. The van der Waals surface area contributed by atoms with Gasteiger partial charge in [0.15, 0.2) is 5.82 Å². The van der Waals surface area contributed by atoms with Crippen LogP contribution in [-0.4, -0.2) is 49.9 Å². The zero-order valence-corrected chi connectivity index (χ0v) is 12.3. The summed E-state index contributed by atoms with van der Waals surface area (Å²) < 4.78 is 14.1. The molecule has 100 valence electrons. The molecule has 0 aromatic heterocycles. The predicted molar refractivity (Wildman–Crippen MR) is 74.0 cm³/mol. The van der Waals surface area contributed by atoms with E-state index in [4.69, 9.17) is 5.73 Å². The quantitative estimate of drug-likeness (QED) is 0.862. The molecule has 18 heavy (non-hydrogen) atoms. The second-order valence-electron chi connectivity index (χ2n) is 4.36. The van der Waals surface area contributed by atoms with Gasteiger partial charge in [0.2, 0.25) is 0 Å². The molecule has 0 saturated heterocycles. The standard InChI is InChI=1S/C12H17BrFN3O/c1-16(2)6-7-17(3)12(18)10-9(15)5-4-8(13)11(10)14/h4-5H,6-7,15H2,1-3H3. The first kappa shape index (κ1) is 14.9. The summed E-state index contributed by atoms with van der Waals surface area (Å²) in [7, 11) is 5.45. The number of halogens is 2. The topological polar surface area (TPSA) is 49.6 Å². The summed E-state index contributed by atoms with van der Waals surface area (Å²) in [5, 5.41) is 0. The molecule has 2 N–H and O–H groups in total. The van der Waals surface area contributed by atoms with Gasteiger partial charge in [-0.1, -0.05) is 0 Å². The van der Waals surface area contributed by atoms with Crippen LogP contribution in [0.15, 0.2) is 16.6 Å². The van der Waals surface area contributed by atoms with Crippen molar-refractivity contribution >= 4 is 27.5 Å². The largest absolute Gasteiger partial charge is 0.398 e. The van der Waals surface area contributed by atoms with Crippen LogP contribution < -0.4 is 5.73 Å². The van der Waals surface area contributed by atoms with Crippen LogP contribution in [0.25, 0.3) is 0 Å². The summed E-state index contributed by atoms with van der Waals surface area (Å²) in [5.74, 6) is -1.02. The van der Waals surface area contributed by atoms with E-state index in [1.807, 2.05) is 19.0 Å². The van der Waals surface area contributed by atoms with Crippen molar-refractivity contribution in [1.29, 1.82) is 0 Å². The lowest BCUT2D eigenvalue weighted by atomic mass is 10.1. The summed E-state index contributed by atoms with van der Waals surface area (Å²) in [6, 6.07) is 3.00. The molecule has 4 nitrogen and oxygen atoms in total. The summed E-state index contributed by atoms with van der Waals surface area (Å²) in [4.78, 5) is 15.5. The summed E-state index contributed by atoms with van der Waals surface area (Å²) in [6.07, 6.45) is 0. The Balaban J connectivity index is 2.93. The van der Waals surface area contributed by atoms with Crippen LogP contribution in [-0.2, 0) is 0 Å². The Labute approximate surface area is 115 Å². The molecule has 0 saturated carbocycles. The van der Waals surface area contributed by atoms with E-state index in [0.717, 1.165) is 0 Å². The third kappa shape index (κ3) is 3.43. The zero-order chi connectivity index (χ0) is 13.9. The van der Waals surface area contributed by atoms with Gasteiger partial charge >= 0.3 is 0 Å². The van der Waals surface area contributed by atoms with Crippen LogP contribution >= 0.6 is 15.9 Å². The fraction of sp³-hybridized carbons (Fsp3) is 0.417. The van der Waals surface area contributed by atoms with Gasteiger partial charge in [-0.05, 0) is 42.2 Å². The van der Waals surface area contributed by atoms with Crippen molar-refractivity contribution in [2.45, 2.75) is 0 Å². The molecule has 1 aromatic carbocycles. The number of anilines is 1. The van der Waals surface area contributed by atoms with Gasteiger partial charge in [0.1, 0.15) is 0 Å². The number of nitrogens with two attached hydrogens (primary N) is 1. The number of likely N-dealkylation sites (N-methyl/N-ethyl adjacent to an activating group) is 2. The average molecular weight is 318 g/mol. The van der Waals surface area contributed by atoms with E-state index < -0.39 is 11.7 Å². The first-order chi connectivity index (χ1) is 8.34. The molecule has 0 aliphatic heterocycles. The molecule has 0 spiro atoms. The molecule has 0 aliphatic rings. The Hall–Kier alpha value is -1.14. The molecule has 6 heteroatoms. The molecule has 0 aliphatic carbocycles. The van der Waals surface area contributed by atoms with Gasteiger partial charge in [0.25, 0.3) is 5.91 Å². The highest BCUT2D eigenvalue weighted by Gasteiger charge is 2.21. The molecular weight excluding hydrogens is 301 g/mol. The smallest absolute Gasteiger partial charge is 0.258 e. The summed E-state index contributed by atoms with van der Waals surface area (Å²) in [5.41, 5.74) is 5.74. The van der Waals surface area contributed by atoms with Crippen molar-refractivity contribution in [3.63, 3.8) is 0 Å². The Morgan fingerprint density at radius 2 is 1.94 bits per heavy atom. The van der Waals surface area contributed by atoms with Crippen molar-refractivity contribution in [2.24, 2.45) is 0 Å². The van der Waals surface area contributed by atoms with Crippen LogP contribution in [0.5, 0.6) is 0 Å². The molecule has 1 rings (SSSR count). The Morgan fingerprint density at radius 3 is 2.50 bits per heavy atom. The highest BCUT2D eigenvalue weighted by Crippen LogP contribution is 2.24. The maximum atomic E-state index is 13.9. The molecule has 0 fully saturated rings. The third-order valence-corrected chi connectivity index (χ3v) is 3.18. The van der Waals surface area contributed by atoms with Gasteiger partial charge in [-0.3, -0.25) is 4.79 Å². The van der Waals surface area contributed by atoms with Gasteiger partial charge in [-0.15, -0.1) is 0 Å². The maximum absolute atomic E-state index is 13.9. The Bertz CT molecular complexity index is 451. The van der Waals surface area contributed by atoms with Crippen LogP contribution in [0.1, 0.15) is 10.4 Å². The van der Waals surface area contributed by atoms with Crippen molar-refractivity contribution < 1.29 is 9.18 Å². The minimum absolute atomic E-state index is 0.0781. The molecule has 0 atom stereocenters. The minimum Gasteiger partial charge on any atom is -0.398 e. The van der Waals surface area contributed by atoms with E-state index in [1.165, 1.54) is 17.0 Å². The van der Waals surface area contributed by atoms with E-state index in [1.54, 1.807) is 7.05 Å². The number of carbonyl (C=O) groups excluding carboxylic acids is 1. The molecule has 1 amide bonds. The molecule has 0 unspecified atom stereocenters. The van der Waals surface area contributed by atoms with Crippen molar-refractivity contribution in [3.05, 3.63) is 28.0 Å². The second-order valence-corrected chi connectivity index (χ2v) is 5.21. The second kappa shape index (κ2) is 6.15. The van der Waals surface area contributed by atoms with E-state index in [0.29, 0.717) is 13.1 Å². The zero-order valence-electron chi connectivity index (χ0n) is 10.7. The third-order valence-electron chi connectivity index (χ3n) is 2.57. The summed E-state index contributed by atoms with van der Waals surface area (Å²) >= 11 is 3.05. The van der Waals surface area contributed by atoms with Crippen LogP contribution in [0, 0.1) is 5.82 Å². The SMILES string of the molecule is CN(C)CCN(C)C(=O)c1c(N)ccc(Br)c1F. The fourth-order valence-corrected chi connectivity index (χ4v) is 1.76. The van der Waals surface area contributed by atoms with Crippen LogP contribution in [0.3, 0.4) is 0 Å². The fourth-order valence-electron chi connectivity index (χ4n) is 1.43. The van der Waals surface area contributed by atoms with Gasteiger partial charge in [0.05, 0.1) is 10.0 Å². The van der Waals surface area contributed by atoms with E-state index in [9.17, 15) is 9.18 Å². The average Bonchev–Trinajstić information content (AvgIpc) is 2.31. The first-order valence-corrected chi connectivity index (χ1v) is 6.27. The minimum atomic E-state index is -0.614. The first-order valence-electron chi connectivity index (χ1n) is 5.48. The Morgan fingerprint density at radius 1 is 1.33 bits per heavy atom. The summed E-state index contributed by atoms with van der Waals surface area (Å²) in [6.45, 7) is 1.22. The number of nitrogen functional groups attached to an aromatic ring is 1. The lowest BCUT2D eigenvalue weighted by Crippen LogP contribution is -2.34.